The molecule has 108 valence electrons. The second-order valence-electron chi connectivity index (χ2n) is 3.65. The average molecular weight is 291 g/mol. The molecule has 0 fully saturated rings. The minimum Gasteiger partial charge on any atom is -0.497 e. The largest absolute Gasteiger partial charge is 0.497 e. The highest BCUT2D eigenvalue weighted by Gasteiger charge is 2.22. The number of hydrogen-bond acceptors (Lipinski definition) is 5. The zero-order chi connectivity index (χ0) is 13.5. The molecule has 0 aliphatic carbocycles. The van der Waals surface area contributed by atoms with E-state index in [-0.39, 0.29) is 19.0 Å². The molecule has 0 aliphatic rings. The molecule has 0 saturated heterocycles. The normalized spacial score (nSPS) is 13.1. The number of carbonyl (C=O) groups excluding carboxylic acids is 1. The maximum atomic E-state index is 11.2. The van der Waals surface area contributed by atoms with E-state index in [1.54, 1.807) is 24.3 Å². The van der Waals surface area contributed by atoms with Gasteiger partial charge in [-0.2, -0.15) is 0 Å². The van der Waals surface area contributed by atoms with Crippen molar-refractivity contribution in [3.8, 4) is 5.75 Å². The molecular formula is C12H19ClN2O4. The van der Waals surface area contributed by atoms with Gasteiger partial charge in [0.1, 0.15) is 11.9 Å². The van der Waals surface area contributed by atoms with Crippen molar-refractivity contribution in [2.75, 3.05) is 20.8 Å². The summed E-state index contributed by atoms with van der Waals surface area (Å²) in [7, 11) is 2.93. The SMILES string of the molecule is COc1cccc(C(O)C(NC(=O)CN)OC)c1.Cl. The molecule has 1 amide bonds. The van der Waals surface area contributed by atoms with Gasteiger partial charge in [-0.05, 0) is 17.7 Å². The number of aliphatic hydroxyl groups is 1. The Balaban J connectivity index is 0.00000324. The molecule has 2 unspecified atom stereocenters. The van der Waals surface area contributed by atoms with Crippen LogP contribution in [0.25, 0.3) is 0 Å². The Labute approximate surface area is 118 Å². The van der Waals surface area contributed by atoms with Gasteiger partial charge in [0.25, 0.3) is 0 Å². The van der Waals surface area contributed by atoms with Crippen LogP contribution in [0.3, 0.4) is 0 Å². The topological polar surface area (TPSA) is 93.8 Å². The van der Waals surface area contributed by atoms with Crippen molar-refractivity contribution in [3.63, 3.8) is 0 Å². The third-order valence-corrected chi connectivity index (χ3v) is 2.46. The molecule has 1 rings (SSSR count). The molecular weight excluding hydrogens is 272 g/mol. The van der Waals surface area contributed by atoms with Crippen LogP contribution in [0.2, 0.25) is 0 Å². The van der Waals surface area contributed by atoms with E-state index < -0.39 is 18.2 Å². The summed E-state index contributed by atoms with van der Waals surface area (Å²) < 4.78 is 10.1. The molecule has 6 nitrogen and oxygen atoms in total. The predicted octanol–water partition coefficient (Wildman–Crippen LogP) is 0.198. The Bertz CT molecular complexity index is 403. The third-order valence-electron chi connectivity index (χ3n) is 2.46. The molecule has 4 N–H and O–H groups in total. The quantitative estimate of drug-likeness (QED) is 0.651. The van der Waals surface area contributed by atoms with Gasteiger partial charge in [-0.1, -0.05) is 12.1 Å². The van der Waals surface area contributed by atoms with E-state index >= 15 is 0 Å². The zero-order valence-corrected chi connectivity index (χ0v) is 11.6. The van der Waals surface area contributed by atoms with Crippen LogP contribution >= 0.6 is 12.4 Å². The van der Waals surface area contributed by atoms with Crippen LogP contribution in [0.5, 0.6) is 5.75 Å². The molecule has 0 radical (unpaired) electrons. The van der Waals surface area contributed by atoms with Crippen molar-refractivity contribution in [2.45, 2.75) is 12.3 Å². The number of aliphatic hydroxyl groups excluding tert-OH is 1. The first kappa shape index (κ1) is 17.7. The van der Waals surface area contributed by atoms with E-state index in [2.05, 4.69) is 5.32 Å². The number of rotatable bonds is 6. The summed E-state index contributed by atoms with van der Waals surface area (Å²) in [6, 6.07) is 6.89. The molecule has 0 saturated carbocycles. The van der Waals surface area contributed by atoms with Crippen LogP contribution in [0.1, 0.15) is 11.7 Å². The highest BCUT2D eigenvalue weighted by atomic mass is 35.5. The number of benzene rings is 1. The number of halogens is 1. The van der Waals surface area contributed by atoms with E-state index in [9.17, 15) is 9.90 Å². The highest BCUT2D eigenvalue weighted by Crippen LogP contribution is 2.21. The van der Waals surface area contributed by atoms with E-state index in [0.29, 0.717) is 11.3 Å². The van der Waals surface area contributed by atoms with Crippen molar-refractivity contribution in [1.29, 1.82) is 0 Å². The van der Waals surface area contributed by atoms with Gasteiger partial charge in [-0.3, -0.25) is 4.79 Å². The summed E-state index contributed by atoms with van der Waals surface area (Å²) in [6.45, 7) is -0.162. The smallest absolute Gasteiger partial charge is 0.235 e. The van der Waals surface area contributed by atoms with Crippen molar-refractivity contribution >= 4 is 18.3 Å². The van der Waals surface area contributed by atoms with Gasteiger partial charge in [0.2, 0.25) is 5.91 Å². The summed E-state index contributed by atoms with van der Waals surface area (Å²) in [5, 5.41) is 12.6. The van der Waals surface area contributed by atoms with E-state index in [4.69, 9.17) is 15.2 Å². The van der Waals surface area contributed by atoms with E-state index in [1.807, 2.05) is 0 Å². The molecule has 2 atom stereocenters. The Morgan fingerprint density at radius 1 is 1.47 bits per heavy atom. The van der Waals surface area contributed by atoms with Crippen LogP contribution < -0.4 is 15.8 Å². The van der Waals surface area contributed by atoms with Gasteiger partial charge in [0, 0.05) is 7.11 Å². The fourth-order valence-corrected chi connectivity index (χ4v) is 1.48. The van der Waals surface area contributed by atoms with Gasteiger partial charge >= 0.3 is 0 Å². The molecule has 0 heterocycles. The number of hydrogen-bond donors (Lipinski definition) is 3. The Kier molecular flexibility index (Phi) is 8.09. The van der Waals surface area contributed by atoms with Crippen LogP contribution in [0.4, 0.5) is 0 Å². The molecule has 7 heteroatoms. The first-order valence-electron chi connectivity index (χ1n) is 5.46. The monoisotopic (exact) mass is 290 g/mol. The lowest BCUT2D eigenvalue weighted by Crippen LogP contribution is -2.43. The van der Waals surface area contributed by atoms with Crippen LogP contribution in [0, 0.1) is 0 Å². The van der Waals surface area contributed by atoms with Gasteiger partial charge in [0.15, 0.2) is 6.23 Å². The zero-order valence-electron chi connectivity index (χ0n) is 10.8. The molecule has 0 aliphatic heterocycles. The lowest BCUT2D eigenvalue weighted by Gasteiger charge is -2.23. The van der Waals surface area contributed by atoms with Gasteiger partial charge in [0.05, 0.1) is 13.7 Å². The predicted molar refractivity (Wildman–Crippen MR) is 73.2 cm³/mol. The summed E-state index contributed by atoms with van der Waals surface area (Å²) in [4.78, 5) is 11.2. The summed E-state index contributed by atoms with van der Waals surface area (Å²) >= 11 is 0. The lowest BCUT2D eigenvalue weighted by molar-refractivity contribution is -0.127. The minimum absolute atomic E-state index is 0. The first-order valence-corrected chi connectivity index (χ1v) is 5.46. The van der Waals surface area contributed by atoms with Gasteiger partial charge < -0.3 is 25.6 Å². The maximum absolute atomic E-state index is 11.2. The molecule has 1 aromatic rings. The van der Waals surface area contributed by atoms with Crippen molar-refractivity contribution in [1.82, 2.24) is 5.32 Å². The number of nitrogens with two attached hydrogens (primary N) is 1. The lowest BCUT2D eigenvalue weighted by atomic mass is 10.1. The van der Waals surface area contributed by atoms with Crippen LogP contribution in [0.15, 0.2) is 24.3 Å². The van der Waals surface area contributed by atoms with Crippen LogP contribution in [-0.4, -0.2) is 38.0 Å². The number of nitrogens with one attached hydrogen (secondary N) is 1. The number of methoxy groups -OCH3 is 2. The minimum atomic E-state index is -0.999. The highest BCUT2D eigenvalue weighted by molar-refractivity contribution is 5.85. The second-order valence-corrected chi connectivity index (χ2v) is 3.65. The average Bonchev–Trinajstić information content (AvgIpc) is 2.43. The Morgan fingerprint density at radius 2 is 2.16 bits per heavy atom. The van der Waals surface area contributed by atoms with Crippen molar-refractivity contribution in [3.05, 3.63) is 29.8 Å². The Morgan fingerprint density at radius 3 is 2.68 bits per heavy atom. The standard InChI is InChI=1S/C12H18N2O4.ClH/c1-17-9-5-3-4-8(6-9)11(16)12(18-2)14-10(15)7-13;/h3-6,11-12,16H,7,13H2,1-2H3,(H,14,15);1H. The van der Waals surface area contributed by atoms with Gasteiger partial charge in [-0.15, -0.1) is 12.4 Å². The summed E-state index contributed by atoms with van der Waals surface area (Å²) in [5.74, 6) is 0.218. The molecule has 0 spiro atoms. The molecule has 0 aromatic heterocycles. The van der Waals surface area contributed by atoms with Crippen molar-refractivity contribution in [2.24, 2.45) is 5.73 Å². The summed E-state index contributed by atoms with van der Waals surface area (Å²) in [5.41, 5.74) is 5.77. The third kappa shape index (κ3) is 5.04. The second kappa shape index (κ2) is 8.71. The fraction of sp³-hybridized carbons (Fsp3) is 0.417. The van der Waals surface area contributed by atoms with Gasteiger partial charge in [-0.25, -0.2) is 0 Å². The molecule has 0 bridgehead atoms. The number of carbonyl (C=O) groups is 1. The summed E-state index contributed by atoms with van der Waals surface area (Å²) in [6.07, 6.45) is -1.85. The van der Waals surface area contributed by atoms with Crippen LogP contribution in [-0.2, 0) is 9.53 Å². The Hall–Kier alpha value is -1.34. The fourth-order valence-electron chi connectivity index (χ4n) is 1.48. The number of amides is 1. The maximum Gasteiger partial charge on any atom is 0.235 e. The molecule has 1 aromatic carbocycles. The first-order chi connectivity index (χ1) is 8.62. The van der Waals surface area contributed by atoms with E-state index in [1.165, 1.54) is 14.2 Å². The molecule has 19 heavy (non-hydrogen) atoms. The van der Waals surface area contributed by atoms with Crippen molar-refractivity contribution < 1.29 is 19.4 Å². The van der Waals surface area contributed by atoms with E-state index in [0.717, 1.165) is 0 Å². The number of ether oxygens (including phenoxy) is 2.